The van der Waals surface area contributed by atoms with Gasteiger partial charge in [-0.3, -0.25) is 0 Å². The van der Waals surface area contributed by atoms with E-state index in [0.29, 0.717) is 5.41 Å². The number of hydrogen-bond acceptors (Lipinski definition) is 3. The van der Waals surface area contributed by atoms with E-state index in [0.717, 1.165) is 25.7 Å². The van der Waals surface area contributed by atoms with Crippen LogP contribution in [0.5, 0.6) is 0 Å². The predicted molar refractivity (Wildman–Crippen MR) is 82.6 cm³/mol. The molecule has 0 aromatic carbocycles. The van der Waals surface area contributed by atoms with Crippen LogP contribution in [0.2, 0.25) is 0 Å². The number of rotatable bonds is 6. The molecule has 0 aliphatic carbocycles. The van der Waals surface area contributed by atoms with Gasteiger partial charge in [-0.2, -0.15) is 0 Å². The first-order chi connectivity index (χ1) is 9.07. The molecule has 1 rings (SSSR count). The molecule has 3 heteroatoms. The SMILES string of the molecule is CCC(C)(C)CC(C)(C)C(C)OC1OC(C)CCC1O. The van der Waals surface area contributed by atoms with Crippen molar-refractivity contribution in [3.8, 4) is 0 Å². The number of hydrogen-bond donors (Lipinski definition) is 1. The van der Waals surface area contributed by atoms with Crippen LogP contribution in [-0.2, 0) is 9.47 Å². The van der Waals surface area contributed by atoms with Gasteiger partial charge in [0.25, 0.3) is 0 Å². The van der Waals surface area contributed by atoms with Crippen molar-refractivity contribution in [1.82, 2.24) is 0 Å². The molecule has 120 valence electrons. The van der Waals surface area contributed by atoms with Crippen LogP contribution in [0.3, 0.4) is 0 Å². The van der Waals surface area contributed by atoms with Gasteiger partial charge in [0.2, 0.25) is 0 Å². The molecule has 4 atom stereocenters. The summed E-state index contributed by atoms with van der Waals surface area (Å²) in [6.45, 7) is 15.5. The van der Waals surface area contributed by atoms with Crippen LogP contribution in [0.1, 0.15) is 74.1 Å². The van der Waals surface area contributed by atoms with Crippen molar-refractivity contribution < 1.29 is 14.6 Å². The van der Waals surface area contributed by atoms with E-state index >= 15 is 0 Å². The Balaban J connectivity index is 2.61. The van der Waals surface area contributed by atoms with Crippen LogP contribution in [0.15, 0.2) is 0 Å². The molecule has 0 radical (unpaired) electrons. The molecule has 4 unspecified atom stereocenters. The fourth-order valence-electron chi connectivity index (χ4n) is 2.94. The smallest absolute Gasteiger partial charge is 0.184 e. The Morgan fingerprint density at radius 1 is 1.25 bits per heavy atom. The van der Waals surface area contributed by atoms with Gasteiger partial charge in [0.15, 0.2) is 6.29 Å². The third-order valence-corrected chi connectivity index (χ3v) is 4.88. The topological polar surface area (TPSA) is 38.7 Å². The highest BCUT2D eigenvalue weighted by Crippen LogP contribution is 2.40. The van der Waals surface area contributed by atoms with Gasteiger partial charge in [-0.05, 0) is 43.9 Å². The molecular weight excluding hydrogens is 252 g/mol. The summed E-state index contributed by atoms with van der Waals surface area (Å²) in [5, 5.41) is 10.0. The Morgan fingerprint density at radius 3 is 2.40 bits per heavy atom. The summed E-state index contributed by atoms with van der Waals surface area (Å²) in [5.41, 5.74) is 0.365. The highest BCUT2D eigenvalue weighted by Gasteiger charge is 2.37. The minimum Gasteiger partial charge on any atom is -0.388 e. The molecule has 0 amide bonds. The van der Waals surface area contributed by atoms with E-state index in [4.69, 9.17) is 9.47 Å². The zero-order valence-electron chi connectivity index (χ0n) is 14.4. The molecule has 0 aromatic rings. The molecule has 1 N–H and O–H groups in total. The maximum Gasteiger partial charge on any atom is 0.184 e. The Hall–Kier alpha value is -0.120. The molecular formula is C17H34O3. The van der Waals surface area contributed by atoms with Gasteiger partial charge < -0.3 is 14.6 Å². The van der Waals surface area contributed by atoms with Crippen LogP contribution in [0.4, 0.5) is 0 Å². The van der Waals surface area contributed by atoms with Crippen LogP contribution < -0.4 is 0 Å². The molecule has 1 fully saturated rings. The summed E-state index contributed by atoms with van der Waals surface area (Å²) in [6.07, 6.45) is 3.17. The lowest BCUT2D eigenvalue weighted by Crippen LogP contribution is -2.45. The summed E-state index contributed by atoms with van der Waals surface area (Å²) in [6, 6.07) is 0. The van der Waals surface area contributed by atoms with E-state index < -0.39 is 12.4 Å². The van der Waals surface area contributed by atoms with Gasteiger partial charge in [-0.15, -0.1) is 0 Å². The molecule has 20 heavy (non-hydrogen) atoms. The van der Waals surface area contributed by atoms with Crippen molar-refractivity contribution in [2.75, 3.05) is 0 Å². The van der Waals surface area contributed by atoms with Gasteiger partial charge in [0.05, 0.1) is 12.2 Å². The molecule has 0 saturated carbocycles. The average Bonchev–Trinajstić information content (AvgIpc) is 2.32. The lowest BCUT2D eigenvalue weighted by molar-refractivity contribution is -0.265. The Kier molecular flexibility index (Phi) is 6.06. The third-order valence-electron chi connectivity index (χ3n) is 4.88. The van der Waals surface area contributed by atoms with E-state index in [9.17, 15) is 5.11 Å². The van der Waals surface area contributed by atoms with Crippen molar-refractivity contribution in [3.05, 3.63) is 0 Å². The van der Waals surface area contributed by atoms with Crippen molar-refractivity contribution in [2.24, 2.45) is 10.8 Å². The Bertz CT molecular complexity index is 299. The number of aliphatic hydroxyl groups is 1. The quantitative estimate of drug-likeness (QED) is 0.798. The van der Waals surface area contributed by atoms with Crippen molar-refractivity contribution in [2.45, 2.75) is 98.8 Å². The van der Waals surface area contributed by atoms with E-state index in [1.54, 1.807) is 0 Å². The molecule has 0 bridgehead atoms. The summed E-state index contributed by atoms with van der Waals surface area (Å²) in [4.78, 5) is 0. The third kappa shape index (κ3) is 5.01. The van der Waals surface area contributed by atoms with Gasteiger partial charge in [0, 0.05) is 0 Å². The van der Waals surface area contributed by atoms with Gasteiger partial charge in [-0.1, -0.05) is 41.0 Å². The first kappa shape index (κ1) is 17.9. The lowest BCUT2D eigenvalue weighted by Gasteiger charge is -2.41. The Morgan fingerprint density at radius 2 is 1.85 bits per heavy atom. The van der Waals surface area contributed by atoms with Crippen molar-refractivity contribution in [1.29, 1.82) is 0 Å². The van der Waals surface area contributed by atoms with Crippen LogP contribution in [-0.4, -0.2) is 29.7 Å². The van der Waals surface area contributed by atoms with E-state index in [1.807, 2.05) is 6.92 Å². The Labute approximate surface area is 125 Å². The molecule has 1 heterocycles. The van der Waals surface area contributed by atoms with E-state index in [-0.39, 0.29) is 17.6 Å². The van der Waals surface area contributed by atoms with Crippen LogP contribution in [0.25, 0.3) is 0 Å². The number of ether oxygens (including phenoxy) is 2. The number of aliphatic hydroxyl groups excluding tert-OH is 1. The molecule has 0 spiro atoms. The molecule has 1 aliphatic heterocycles. The summed E-state index contributed by atoms with van der Waals surface area (Å²) < 4.78 is 11.8. The van der Waals surface area contributed by atoms with Crippen molar-refractivity contribution in [3.63, 3.8) is 0 Å². The lowest BCUT2D eigenvalue weighted by atomic mass is 9.71. The first-order valence-corrected chi connectivity index (χ1v) is 8.06. The fourth-order valence-corrected chi connectivity index (χ4v) is 2.94. The zero-order valence-corrected chi connectivity index (χ0v) is 14.4. The minimum absolute atomic E-state index is 0.0540. The van der Waals surface area contributed by atoms with Crippen LogP contribution >= 0.6 is 0 Å². The molecule has 1 saturated heterocycles. The maximum atomic E-state index is 10.0. The monoisotopic (exact) mass is 286 g/mol. The van der Waals surface area contributed by atoms with Crippen molar-refractivity contribution >= 4 is 0 Å². The highest BCUT2D eigenvalue weighted by molar-refractivity contribution is 4.84. The maximum absolute atomic E-state index is 10.0. The molecule has 0 aromatic heterocycles. The second-order valence-electron chi connectivity index (χ2n) is 7.92. The largest absolute Gasteiger partial charge is 0.388 e. The van der Waals surface area contributed by atoms with Crippen LogP contribution in [0, 0.1) is 10.8 Å². The zero-order chi connectivity index (χ0) is 15.6. The summed E-state index contributed by atoms with van der Waals surface area (Å²) >= 11 is 0. The van der Waals surface area contributed by atoms with Gasteiger partial charge in [0.1, 0.15) is 6.10 Å². The summed E-state index contributed by atoms with van der Waals surface area (Å²) in [7, 11) is 0. The fraction of sp³-hybridized carbons (Fsp3) is 1.00. The standard InChI is InChI=1S/C17H34O3/c1-8-16(4,5)11-17(6,7)13(3)20-15-14(18)10-9-12(2)19-15/h12-15,18H,8-11H2,1-7H3. The van der Waals surface area contributed by atoms with Gasteiger partial charge in [-0.25, -0.2) is 0 Å². The predicted octanol–water partition coefficient (Wildman–Crippen LogP) is 4.13. The van der Waals surface area contributed by atoms with E-state index in [1.165, 1.54) is 0 Å². The summed E-state index contributed by atoms with van der Waals surface area (Å²) in [5.74, 6) is 0. The normalized spacial score (nSPS) is 30.3. The second kappa shape index (κ2) is 6.76. The molecule has 3 nitrogen and oxygen atoms in total. The van der Waals surface area contributed by atoms with E-state index in [2.05, 4.69) is 41.5 Å². The molecule has 1 aliphatic rings. The minimum atomic E-state index is -0.497. The highest BCUT2D eigenvalue weighted by atomic mass is 16.7. The first-order valence-electron chi connectivity index (χ1n) is 8.06. The average molecular weight is 286 g/mol. The second-order valence-corrected chi connectivity index (χ2v) is 7.92. The van der Waals surface area contributed by atoms with Gasteiger partial charge >= 0.3 is 0 Å².